The van der Waals surface area contributed by atoms with Crippen molar-refractivity contribution in [2.75, 3.05) is 13.7 Å². The van der Waals surface area contributed by atoms with Gasteiger partial charge >= 0.3 is 11.9 Å². The fraction of sp³-hybridized carbons (Fsp3) is 0.714. The molecule has 2 bridgehead atoms. The number of hydrogen-bond donors (Lipinski definition) is 0. The maximum atomic E-state index is 11.8. The fourth-order valence-electron chi connectivity index (χ4n) is 3.94. The van der Waals surface area contributed by atoms with Crippen molar-refractivity contribution in [1.29, 1.82) is 0 Å². The molecular formula is C14H18O5. The normalized spacial score (nSPS) is 42.9. The predicted octanol–water partition coefficient (Wildman–Crippen LogP) is 1.07. The average molecular weight is 266 g/mol. The van der Waals surface area contributed by atoms with Crippen molar-refractivity contribution in [3.63, 3.8) is 0 Å². The van der Waals surface area contributed by atoms with Gasteiger partial charge in [-0.05, 0) is 13.3 Å². The second kappa shape index (κ2) is 4.07. The standard InChI is InChI=1S/C14H18O5/c1-7(2)12(15)19-10-5-14(17-3)4-8(10)11-9(14)6-18-13(11)16/h8-11H,1,4-6H2,2-3H3. The van der Waals surface area contributed by atoms with Crippen LogP contribution in [-0.4, -0.2) is 37.4 Å². The lowest BCUT2D eigenvalue weighted by atomic mass is 9.77. The van der Waals surface area contributed by atoms with E-state index in [9.17, 15) is 9.59 Å². The summed E-state index contributed by atoms with van der Waals surface area (Å²) in [6, 6.07) is 0. The molecule has 0 amide bonds. The van der Waals surface area contributed by atoms with Gasteiger partial charge in [0.15, 0.2) is 0 Å². The number of esters is 2. The van der Waals surface area contributed by atoms with Crippen molar-refractivity contribution in [1.82, 2.24) is 0 Å². The van der Waals surface area contributed by atoms with Crippen molar-refractivity contribution in [3.8, 4) is 0 Å². The Kier molecular flexibility index (Phi) is 2.71. The number of hydrogen-bond acceptors (Lipinski definition) is 5. The van der Waals surface area contributed by atoms with Crippen molar-refractivity contribution >= 4 is 11.9 Å². The molecule has 1 saturated heterocycles. The van der Waals surface area contributed by atoms with Crippen molar-refractivity contribution in [3.05, 3.63) is 12.2 Å². The molecule has 0 aromatic rings. The summed E-state index contributed by atoms with van der Waals surface area (Å²) in [6.07, 6.45) is 1.14. The Morgan fingerprint density at radius 1 is 1.47 bits per heavy atom. The van der Waals surface area contributed by atoms with E-state index in [4.69, 9.17) is 14.2 Å². The Morgan fingerprint density at radius 2 is 2.21 bits per heavy atom. The van der Waals surface area contributed by atoms with E-state index in [1.54, 1.807) is 14.0 Å². The molecule has 5 nitrogen and oxygen atoms in total. The largest absolute Gasteiger partial charge is 0.465 e. The van der Waals surface area contributed by atoms with Gasteiger partial charge in [-0.15, -0.1) is 0 Å². The van der Waals surface area contributed by atoms with E-state index < -0.39 is 5.97 Å². The van der Waals surface area contributed by atoms with Crippen molar-refractivity contribution in [2.24, 2.45) is 17.8 Å². The molecule has 1 heterocycles. The monoisotopic (exact) mass is 266 g/mol. The Labute approximate surface area is 111 Å². The highest BCUT2D eigenvalue weighted by atomic mass is 16.6. The molecule has 5 heteroatoms. The Balaban J connectivity index is 1.83. The zero-order valence-corrected chi connectivity index (χ0v) is 11.2. The van der Waals surface area contributed by atoms with E-state index in [-0.39, 0.29) is 35.4 Å². The third kappa shape index (κ3) is 1.64. The van der Waals surface area contributed by atoms with Crippen LogP contribution in [0.1, 0.15) is 19.8 Å². The molecule has 104 valence electrons. The number of cyclic esters (lactones) is 1. The molecule has 0 aromatic heterocycles. The van der Waals surface area contributed by atoms with E-state index in [1.807, 2.05) is 0 Å². The summed E-state index contributed by atoms with van der Waals surface area (Å²) in [5.74, 6) is -0.633. The van der Waals surface area contributed by atoms with Gasteiger partial charge in [0.05, 0.1) is 18.1 Å². The van der Waals surface area contributed by atoms with Crippen LogP contribution in [0.4, 0.5) is 0 Å². The van der Waals surface area contributed by atoms with Gasteiger partial charge < -0.3 is 14.2 Å². The molecule has 2 saturated carbocycles. The molecule has 0 radical (unpaired) electrons. The molecule has 3 fully saturated rings. The topological polar surface area (TPSA) is 61.8 Å². The Bertz CT molecular complexity index is 457. The summed E-state index contributed by atoms with van der Waals surface area (Å²) in [4.78, 5) is 23.5. The molecule has 1 aliphatic heterocycles. The highest BCUT2D eigenvalue weighted by Gasteiger charge is 2.68. The van der Waals surface area contributed by atoms with Gasteiger partial charge in [-0.25, -0.2) is 4.79 Å². The second-order valence-corrected chi connectivity index (χ2v) is 5.83. The first-order valence-corrected chi connectivity index (χ1v) is 6.57. The number of carbonyl (C=O) groups is 2. The van der Waals surface area contributed by atoms with Gasteiger partial charge in [-0.1, -0.05) is 6.58 Å². The third-order valence-electron chi connectivity index (χ3n) is 4.87. The molecule has 19 heavy (non-hydrogen) atoms. The van der Waals surface area contributed by atoms with E-state index in [1.165, 1.54) is 0 Å². The zero-order chi connectivity index (χ0) is 13.8. The SMILES string of the molecule is C=C(C)C(=O)OC1CC2(OC)CC1C1C(=O)OCC12. The van der Waals surface area contributed by atoms with E-state index in [0.717, 1.165) is 6.42 Å². The first kappa shape index (κ1) is 12.7. The van der Waals surface area contributed by atoms with Crippen LogP contribution in [0.3, 0.4) is 0 Å². The summed E-state index contributed by atoms with van der Waals surface area (Å²) in [5, 5.41) is 0. The predicted molar refractivity (Wildman–Crippen MR) is 65.1 cm³/mol. The van der Waals surface area contributed by atoms with Gasteiger partial charge in [0.2, 0.25) is 0 Å². The van der Waals surface area contributed by atoms with E-state index in [2.05, 4.69) is 6.58 Å². The fourth-order valence-corrected chi connectivity index (χ4v) is 3.94. The Morgan fingerprint density at radius 3 is 2.84 bits per heavy atom. The highest BCUT2D eigenvalue weighted by Crippen LogP contribution is 2.59. The van der Waals surface area contributed by atoms with E-state index >= 15 is 0 Å². The molecule has 5 unspecified atom stereocenters. The maximum absolute atomic E-state index is 11.8. The van der Waals surface area contributed by atoms with Gasteiger partial charge in [0, 0.05) is 30.9 Å². The lowest BCUT2D eigenvalue weighted by Gasteiger charge is -2.35. The smallest absolute Gasteiger partial charge is 0.333 e. The number of rotatable bonds is 3. The van der Waals surface area contributed by atoms with Crippen LogP contribution in [0.15, 0.2) is 12.2 Å². The molecule has 2 aliphatic carbocycles. The lowest BCUT2D eigenvalue weighted by molar-refractivity contribution is -0.155. The molecular weight excluding hydrogens is 248 g/mol. The zero-order valence-electron chi connectivity index (χ0n) is 11.2. The highest BCUT2D eigenvalue weighted by molar-refractivity contribution is 5.87. The van der Waals surface area contributed by atoms with Crippen molar-refractivity contribution in [2.45, 2.75) is 31.5 Å². The molecule has 3 rings (SSSR count). The Hall–Kier alpha value is -1.36. The summed E-state index contributed by atoms with van der Waals surface area (Å²) >= 11 is 0. The van der Waals surface area contributed by atoms with Gasteiger partial charge in [0.25, 0.3) is 0 Å². The number of fused-ring (bicyclic) bond motifs is 5. The van der Waals surface area contributed by atoms with Gasteiger partial charge in [-0.2, -0.15) is 0 Å². The summed E-state index contributed by atoms with van der Waals surface area (Å²) in [6.45, 7) is 5.63. The average Bonchev–Trinajstić information content (AvgIpc) is 3.00. The van der Waals surface area contributed by atoms with Crippen LogP contribution in [0.2, 0.25) is 0 Å². The van der Waals surface area contributed by atoms with E-state index in [0.29, 0.717) is 18.6 Å². The number of ether oxygens (including phenoxy) is 3. The lowest BCUT2D eigenvalue weighted by Crippen LogP contribution is -2.44. The summed E-state index contributed by atoms with van der Waals surface area (Å²) < 4.78 is 16.3. The van der Waals surface area contributed by atoms with Crippen molar-refractivity contribution < 1.29 is 23.8 Å². The maximum Gasteiger partial charge on any atom is 0.333 e. The van der Waals surface area contributed by atoms with Crippen LogP contribution < -0.4 is 0 Å². The van der Waals surface area contributed by atoms with Crippen LogP contribution in [0.5, 0.6) is 0 Å². The van der Waals surface area contributed by atoms with Crippen LogP contribution >= 0.6 is 0 Å². The van der Waals surface area contributed by atoms with Crippen LogP contribution in [0.25, 0.3) is 0 Å². The number of carbonyl (C=O) groups excluding carboxylic acids is 2. The first-order chi connectivity index (χ1) is 8.98. The third-order valence-corrected chi connectivity index (χ3v) is 4.87. The second-order valence-electron chi connectivity index (χ2n) is 5.83. The molecule has 3 aliphatic rings. The summed E-state index contributed by atoms with van der Waals surface area (Å²) in [7, 11) is 1.66. The molecule has 0 spiro atoms. The molecule has 5 atom stereocenters. The minimum Gasteiger partial charge on any atom is -0.465 e. The molecule has 0 aromatic carbocycles. The molecule has 0 N–H and O–H groups in total. The van der Waals surface area contributed by atoms with Crippen LogP contribution in [0, 0.1) is 17.8 Å². The summed E-state index contributed by atoms with van der Waals surface area (Å²) in [5.41, 5.74) is 0.00131. The minimum absolute atomic E-state index is 0.0169. The van der Waals surface area contributed by atoms with Gasteiger partial charge in [-0.3, -0.25) is 4.79 Å². The van der Waals surface area contributed by atoms with Gasteiger partial charge in [0.1, 0.15) is 6.10 Å². The quantitative estimate of drug-likeness (QED) is 0.565. The van der Waals surface area contributed by atoms with Crippen LogP contribution in [-0.2, 0) is 23.8 Å². The first-order valence-electron chi connectivity index (χ1n) is 6.57. The minimum atomic E-state index is -0.397. The number of methoxy groups -OCH3 is 1.